The van der Waals surface area contributed by atoms with Gasteiger partial charge in [0.05, 0.1) is 11.1 Å². The van der Waals surface area contributed by atoms with Gasteiger partial charge in [0, 0.05) is 13.1 Å². The van der Waals surface area contributed by atoms with Crippen molar-refractivity contribution in [1.29, 1.82) is 0 Å². The van der Waals surface area contributed by atoms with Crippen molar-refractivity contribution in [2.24, 2.45) is 11.8 Å². The molecular weight excluding hydrogens is 280 g/mol. The van der Waals surface area contributed by atoms with E-state index in [4.69, 9.17) is 0 Å². The average molecular weight is 298 g/mol. The minimum Gasteiger partial charge on any atom is -0.341 e. The fraction of sp³-hybridized carbons (Fsp3) is 0.471. The molecule has 2 atom stereocenters. The lowest BCUT2D eigenvalue weighted by Crippen LogP contribution is -2.42. The van der Waals surface area contributed by atoms with Crippen LogP contribution in [0.5, 0.6) is 0 Å². The number of carbonyl (C=O) groups excluding carboxylic acids is 3. The largest absolute Gasteiger partial charge is 0.341 e. The topological polar surface area (TPSA) is 57.7 Å². The number of carbonyl (C=O) groups is 3. The normalized spacial score (nSPS) is 26.5. The van der Waals surface area contributed by atoms with Crippen molar-refractivity contribution < 1.29 is 14.4 Å². The van der Waals surface area contributed by atoms with Gasteiger partial charge < -0.3 is 4.90 Å². The van der Waals surface area contributed by atoms with Gasteiger partial charge in [0.25, 0.3) is 11.8 Å². The van der Waals surface area contributed by atoms with Crippen molar-refractivity contribution in [3.05, 3.63) is 35.4 Å². The van der Waals surface area contributed by atoms with Crippen molar-refractivity contribution in [3.63, 3.8) is 0 Å². The number of amides is 3. The number of hydrogen-bond acceptors (Lipinski definition) is 3. The predicted octanol–water partition coefficient (Wildman–Crippen LogP) is 1.54. The summed E-state index contributed by atoms with van der Waals surface area (Å²) >= 11 is 0. The molecule has 22 heavy (non-hydrogen) atoms. The van der Waals surface area contributed by atoms with E-state index in [1.807, 2.05) is 4.90 Å². The third-order valence-corrected chi connectivity index (χ3v) is 5.25. The molecule has 0 spiro atoms. The lowest BCUT2D eigenvalue weighted by Gasteiger charge is -2.20. The second-order valence-corrected chi connectivity index (χ2v) is 6.49. The summed E-state index contributed by atoms with van der Waals surface area (Å²) < 4.78 is 0. The highest BCUT2D eigenvalue weighted by molar-refractivity contribution is 6.22. The summed E-state index contributed by atoms with van der Waals surface area (Å²) in [7, 11) is 0. The molecule has 114 valence electrons. The second-order valence-electron chi connectivity index (χ2n) is 6.49. The summed E-state index contributed by atoms with van der Waals surface area (Å²) in [4.78, 5) is 39.9. The van der Waals surface area contributed by atoms with Crippen molar-refractivity contribution in [2.75, 3.05) is 19.6 Å². The monoisotopic (exact) mass is 298 g/mol. The summed E-state index contributed by atoms with van der Waals surface area (Å²) in [5.74, 6) is 0.419. The highest BCUT2D eigenvalue weighted by Gasteiger charge is 2.41. The molecule has 2 heterocycles. The maximum absolute atomic E-state index is 12.5. The van der Waals surface area contributed by atoms with Crippen LogP contribution in [-0.4, -0.2) is 47.2 Å². The molecule has 3 amide bonds. The Kier molecular flexibility index (Phi) is 3.03. The third kappa shape index (κ3) is 1.95. The first kappa shape index (κ1) is 13.5. The molecule has 2 fully saturated rings. The van der Waals surface area contributed by atoms with Gasteiger partial charge in [-0.25, -0.2) is 0 Å². The Labute approximate surface area is 128 Å². The summed E-state index contributed by atoms with van der Waals surface area (Å²) in [6.45, 7) is 1.44. The Morgan fingerprint density at radius 3 is 2.09 bits per heavy atom. The van der Waals surface area contributed by atoms with Gasteiger partial charge in [0.15, 0.2) is 0 Å². The van der Waals surface area contributed by atoms with E-state index in [0.717, 1.165) is 18.0 Å². The minimum absolute atomic E-state index is 0.107. The number of benzene rings is 1. The zero-order valence-electron chi connectivity index (χ0n) is 12.3. The number of rotatable bonds is 2. The predicted molar refractivity (Wildman–Crippen MR) is 79.2 cm³/mol. The van der Waals surface area contributed by atoms with E-state index in [-0.39, 0.29) is 24.3 Å². The molecule has 1 aromatic carbocycles. The van der Waals surface area contributed by atoms with Crippen molar-refractivity contribution >= 4 is 17.7 Å². The summed E-state index contributed by atoms with van der Waals surface area (Å²) in [6, 6.07) is 6.74. The molecule has 0 bridgehead atoms. The van der Waals surface area contributed by atoms with Crippen LogP contribution in [0.1, 0.15) is 40.0 Å². The fourth-order valence-corrected chi connectivity index (χ4v) is 4.06. The standard InChI is InChI=1S/C17H18N2O3/c20-15(18-8-11-4-3-5-12(11)9-18)10-19-16(21)13-6-1-2-7-14(13)17(19)22/h1-2,6-7,11-12H,3-5,8-10H2. The molecule has 5 nitrogen and oxygen atoms in total. The van der Waals surface area contributed by atoms with Gasteiger partial charge in [-0.3, -0.25) is 19.3 Å². The lowest BCUT2D eigenvalue weighted by atomic mass is 10.0. The average Bonchev–Trinajstić information content (AvgIpc) is 3.17. The van der Waals surface area contributed by atoms with Crippen LogP contribution >= 0.6 is 0 Å². The number of fused-ring (bicyclic) bond motifs is 2. The quantitative estimate of drug-likeness (QED) is 0.778. The maximum Gasteiger partial charge on any atom is 0.262 e. The van der Waals surface area contributed by atoms with Gasteiger partial charge in [0.1, 0.15) is 6.54 Å². The number of likely N-dealkylation sites (tertiary alicyclic amines) is 1. The van der Waals surface area contributed by atoms with E-state index in [2.05, 4.69) is 0 Å². The molecular formula is C17H18N2O3. The van der Waals surface area contributed by atoms with E-state index < -0.39 is 0 Å². The fourth-order valence-electron chi connectivity index (χ4n) is 4.06. The van der Waals surface area contributed by atoms with Gasteiger partial charge >= 0.3 is 0 Å². The maximum atomic E-state index is 12.5. The van der Waals surface area contributed by atoms with Crippen LogP contribution in [-0.2, 0) is 4.79 Å². The van der Waals surface area contributed by atoms with Crippen molar-refractivity contribution in [1.82, 2.24) is 9.80 Å². The summed E-state index contributed by atoms with van der Waals surface area (Å²) in [6.07, 6.45) is 3.65. The number of imide groups is 1. The smallest absolute Gasteiger partial charge is 0.262 e. The van der Waals surface area contributed by atoms with Gasteiger partial charge in [0.2, 0.25) is 5.91 Å². The van der Waals surface area contributed by atoms with E-state index >= 15 is 0 Å². The molecule has 0 aromatic heterocycles. The van der Waals surface area contributed by atoms with Crippen molar-refractivity contribution in [3.8, 4) is 0 Å². The first-order valence-corrected chi connectivity index (χ1v) is 7.88. The summed E-state index contributed by atoms with van der Waals surface area (Å²) in [5, 5.41) is 0. The van der Waals surface area contributed by atoms with E-state index in [0.29, 0.717) is 23.0 Å². The Morgan fingerprint density at radius 2 is 1.55 bits per heavy atom. The molecule has 1 aliphatic carbocycles. The Morgan fingerprint density at radius 1 is 1.00 bits per heavy atom. The Hall–Kier alpha value is -2.17. The van der Waals surface area contributed by atoms with Gasteiger partial charge in [-0.05, 0) is 36.8 Å². The van der Waals surface area contributed by atoms with Crippen molar-refractivity contribution in [2.45, 2.75) is 19.3 Å². The SMILES string of the molecule is O=C(CN1C(=O)c2ccccc2C1=O)N1CC2CCCC2C1. The van der Waals surface area contributed by atoms with Crippen LogP contribution in [0.25, 0.3) is 0 Å². The van der Waals surface area contributed by atoms with Crippen LogP contribution in [0.3, 0.4) is 0 Å². The second kappa shape index (κ2) is 4.93. The van der Waals surface area contributed by atoms with E-state index in [1.54, 1.807) is 24.3 Å². The zero-order valence-corrected chi connectivity index (χ0v) is 12.3. The number of nitrogens with zero attached hydrogens (tertiary/aromatic N) is 2. The Balaban J connectivity index is 1.47. The Bertz CT molecular complexity index is 623. The molecule has 1 saturated heterocycles. The molecule has 4 rings (SSSR count). The highest BCUT2D eigenvalue weighted by atomic mass is 16.2. The van der Waals surface area contributed by atoms with Crippen LogP contribution in [0.15, 0.2) is 24.3 Å². The molecule has 2 unspecified atom stereocenters. The minimum atomic E-state index is -0.353. The van der Waals surface area contributed by atoms with E-state index in [9.17, 15) is 14.4 Å². The number of hydrogen-bond donors (Lipinski definition) is 0. The van der Waals surface area contributed by atoms with E-state index in [1.165, 1.54) is 19.3 Å². The lowest BCUT2D eigenvalue weighted by molar-refractivity contribution is -0.130. The van der Waals surface area contributed by atoms with Gasteiger partial charge in [-0.1, -0.05) is 18.6 Å². The molecule has 2 aliphatic heterocycles. The summed E-state index contributed by atoms with van der Waals surface area (Å²) in [5.41, 5.74) is 0.803. The van der Waals surface area contributed by atoms with Crippen LogP contribution in [0, 0.1) is 11.8 Å². The highest BCUT2D eigenvalue weighted by Crippen LogP contribution is 2.37. The molecule has 0 N–H and O–H groups in total. The first-order valence-electron chi connectivity index (χ1n) is 7.88. The van der Waals surface area contributed by atoms with Crippen LogP contribution < -0.4 is 0 Å². The van der Waals surface area contributed by atoms with Gasteiger partial charge in [-0.15, -0.1) is 0 Å². The molecule has 1 saturated carbocycles. The van der Waals surface area contributed by atoms with Gasteiger partial charge in [-0.2, -0.15) is 0 Å². The molecule has 1 aromatic rings. The molecule has 0 radical (unpaired) electrons. The zero-order chi connectivity index (χ0) is 15.3. The first-order chi connectivity index (χ1) is 10.6. The molecule has 3 aliphatic rings. The third-order valence-electron chi connectivity index (χ3n) is 5.25. The van der Waals surface area contributed by atoms with Crippen LogP contribution in [0.2, 0.25) is 0 Å². The molecule has 5 heteroatoms. The van der Waals surface area contributed by atoms with Crippen LogP contribution in [0.4, 0.5) is 0 Å².